The van der Waals surface area contributed by atoms with Crippen molar-refractivity contribution in [3.05, 3.63) is 38.9 Å². The second-order valence-electron chi connectivity index (χ2n) is 4.80. The molecule has 3 nitrogen and oxygen atoms in total. The summed E-state index contributed by atoms with van der Waals surface area (Å²) in [6.45, 7) is 4.27. The molecule has 100 valence electrons. The summed E-state index contributed by atoms with van der Waals surface area (Å²) in [5, 5.41) is 11.1. The molecule has 0 fully saturated rings. The van der Waals surface area contributed by atoms with Crippen LogP contribution in [0.1, 0.15) is 32.3 Å². The van der Waals surface area contributed by atoms with E-state index in [0.29, 0.717) is 10.9 Å². The van der Waals surface area contributed by atoms with Crippen LogP contribution in [0.3, 0.4) is 0 Å². The Hall–Kier alpha value is -0.800. The van der Waals surface area contributed by atoms with Gasteiger partial charge in [-0.05, 0) is 30.7 Å². The van der Waals surface area contributed by atoms with Crippen LogP contribution in [0.2, 0.25) is 5.02 Å². The van der Waals surface area contributed by atoms with Crippen molar-refractivity contribution in [1.29, 1.82) is 0 Å². The highest BCUT2D eigenvalue weighted by atomic mass is 35.5. The number of nitro groups is 1. The van der Waals surface area contributed by atoms with Crippen LogP contribution in [-0.4, -0.2) is 10.3 Å². The van der Waals surface area contributed by atoms with Crippen LogP contribution >= 0.6 is 23.2 Å². The number of rotatable bonds is 6. The summed E-state index contributed by atoms with van der Waals surface area (Å²) in [7, 11) is 0. The lowest BCUT2D eigenvalue weighted by atomic mass is 10.0. The molecule has 1 atom stereocenters. The van der Waals surface area contributed by atoms with Crippen molar-refractivity contribution in [1.82, 2.24) is 0 Å². The minimum Gasteiger partial charge on any atom is -0.258 e. The lowest BCUT2D eigenvalue weighted by Crippen LogP contribution is -2.05. The molecule has 18 heavy (non-hydrogen) atoms. The fraction of sp³-hybridized carbons (Fsp3) is 0.538. The molecule has 1 unspecified atom stereocenters. The van der Waals surface area contributed by atoms with Crippen molar-refractivity contribution >= 4 is 28.9 Å². The van der Waals surface area contributed by atoms with Gasteiger partial charge in [0.15, 0.2) is 0 Å². The smallest absolute Gasteiger partial charge is 0.258 e. The van der Waals surface area contributed by atoms with E-state index in [2.05, 4.69) is 13.8 Å². The molecule has 0 aliphatic rings. The largest absolute Gasteiger partial charge is 0.270 e. The van der Waals surface area contributed by atoms with Gasteiger partial charge in [-0.1, -0.05) is 31.5 Å². The molecule has 0 saturated heterocycles. The lowest BCUT2D eigenvalue weighted by Gasteiger charge is -2.12. The van der Waals surface area contributed by atoms with Crippen molar-refractivity contribution in [2.45, 2.75) is 38.5 Å². The van der Waals surface area contributed by atoms with Gasteiger partial charge >= 0.3 is 0 Å². The number of nitro benzene ring substituents is 1. The third kappa shape index (κ3) is 4.83. The van der Waals surface area contributed by atoms with Crippen LogP contribution in [0.25, 0.3) is 0 Å². The predicted octanol–water partition coefficient (Wildman–Crippen LogP) is 4.83. The van der Waals surface area contributed by atoms with Gasteiger partial charge in [0.25, 0.3) is 5.69 Å². The third-order valence-electron chi connectivity index (χ3n) is 2.70. The molecule has 0 saturated carbocycles. The van der Waals surface area contributed by atoms with E-state index in [1.807, 2.05) is 0 Å². The number of aryl methyl sites for hydroxylation is 1. The quantitative estimate of drug-likeness (QED) is 0.427. The Bertz CT molecular complexity index is 421. The van der Waals surface area contributed by atoms with Crippen molar-refractivity contribution in [2.24, 2.45) is 5.92 Å². The first-order valence-electron chi connectivity index (χ1n) is 5.97. The molecule has 1 rings (SSSR count). The van der Waals surface area contributed by atoms with Gasteiger partial charge in [-0.2, -0.15) is 0 Å². The number of hydrogen-bond acceptors (Lipinski definition) is 2. The first-order valence-corrected chi connectivity index (χ1v) is 6.78. The Labute approximate surface area is 117 Å². The van der Waals surface area contributed by atoms with E-state index in [0.717, 1.165) is 24.8 Å². The van der Waals surface area contributed by atoms with Crippen molar-refractivity contribution < 1.29 is 4.92 Å². The zero-order valence-electron chi connectivity index (χ0n) is 10.5. The number of benzene rings is 1. The number of hydrogen-bond donors (Lipinski definition) is 0. The summed E-state index contributed by atoms with van der Waals surface area (Å²) in [6, 6.07) is 4.58. The average molecular weight is 290 g/mol. The molecule has 0 heterocycles. The topological polar surface area (TPSA) is 43.1 Å². The average Bonchev–Trinajstić information content (AvgIpc) is 2.26. The number of nitrogens with zero attached hydrogens (tertiary/aromatic N) is 1. The second kappa shape index (κ2) is 6.95. The zero-order chi connectivity index (χ0) is 13.7. The fourth-order valence-electron chi connectivity index (χ4n) is 1.79. The molecule has 0 aliphatic heterocycles. The van der Waals surface area contributed by atoms with Crippen LogP contribution in [0.5, 0.6) is 0 Å². The van der Waals surface area contributed by atoms with Crippen LogP contribution in [0, 0.1) is 16.0 Å². The van der Waals surface area contributed by atoms with Gasteiger partial charge in [0.05, 0.1) is 9.95 Å². The molecule has 0 N–H and O–H groups in total. The van der Waals surface area contributed by atoms with Crippen LogP contribution in [0.4, 0.5) is 5.69 Å². The lowest BCUT2D eigenvalue weighted by molar-refractivity contribution is -0.384. The Kier molecular flexibility index (Phi) is 5.89. The Balaban J connectivity index is 2.60. The van der Waals surface area contributed by atoms with Crippen LogP contribution in [0.15, 0.2) is 18.2 Å². The highest BCUT2D eigenvalue weighted by molar-refractivity contribution is 6.31. The minimum atomic E-state index is -0.446. The fourth-order valence-corrected chi connectivity index (χ4v) is 2.53. The predicted molar refractivity (Wildman–Crippen MR) is 75.5 cm³/mol. The van der Waals surface area contributed by atoms with Gasteiger partial charge in [-0.3, -0.25) is 10.1 Å². The zero-order valence-corrected chi connectivity index (χ0v) is 12.0. The van der Waals surface area contributed by atoms with E-state index in [9.17, 15) is 10.1 Å². The van der Waals surface area contributed by atoms with Crippen molar-refractivity contribution in [2.75, 3.05) is 0 Å². The summed E-state index contributed by atoms with van der Waals surface area (Å²) in [4.78, 5) is 10.1. The molecule has 1 aromatic rings. The van der Waals surface area contributed by atoms with Gasteiger partial charge in [-0.25, -0.2) is 0 Å². The van der Waals surface area contributed by atoms with Gasteiger partial charge in [0.2, 0.25) is 0 Å². The number of non-ortho nitro benzene ring substituents is 1. The Morgan fingerprint density at radius 3 is 2.56 bits per heavy atom. The molecule has 0 aliphatic carbocycles. The molecular formula is C13H17Cl2NO2. The number of halogens is 2. The van der Waals surface area contributed by atoms with Gasteiger partial charge in [-0.15, -0.1) is 11.6 Å². The summed E-state index contributed by atoms with van der Waals surface area (Å²) >= 11 is 12.2. The summed E-state index contributed by atoms with van der Waals surface area (Å²) in [5.74, 6) is 0.569. The molecule has 0 amide bonds. The minimum absolute atomic E-state index is 0.0216. The molecule has 1 aromatic carbocycles. The monoisotopic (exact) mass is 289 g/mol. The maximum atomic E-state index is 10.6. The molecular weight excluding hydrogens is 273 g/mol. The summed E-state index contributed by atoms with van der Waals surface area (Å²) in [5.41, 5.74) is 0.935. The highest BCUT2D eigenvalue weighted by Crippen LogP contribution is 2.25. The normalized spacial score (nSPS) is 12.7. The third-order valence-corrected chi connectivity index (χ3v) is 3.45. The summed E-state index contributed by atoms with van der Waals surface area (Å²) in [6.07, 6.45) is 2.54. The van der Waals surface area contributed by atoms with Gasteiger partial charge in [0, 0.05) is 17.5 Å². The summed E-state index contributed by atoms with van der Waals surface area (Å²) < 4.78 is 0. The van der Waals surface area contributed by atoms with Crippen LogP contribution < -0.4 is 0 Å². The first kappa shape index (κ1) is 15.3. The molecule has 0 aromatic heterocycles. The van der Waals surface area contributed by atoms with E-state index in [1.165, 1.54) is 12.1 Å². The van der Waals surface area contributed by atoms with Gasteiger partial charge in [0.1, 0.15) is 0 Å². The SMILES string of the molecule is CC(C)CC(Cl)CCc1ccc([N+](=O)[O-])cc1Cl. The molecule has 0 radical (unpaired) electrons. The van der Waals surface area contributed by atoms with Crippen molar-refractivity contribution in [3.63, 3.8) is 0 Å². The Morgan fingerprint density at radius 1 is 1.39 bits per heavy atom. The first-order chi connectivity index (χ1) is 8.40. The standard InChI is InChI=1S/C13H17Cl2NO2/c1-9(2)7-11(14)5-3-10-4-6-12(16(17)18)8-13(10)15/h4,6,8-9,11H,3,5,7H2,1-2H3. The maximum Gasteiger partial charge on any atom is 0.270 e. The molecule has 5 heteroatoms. The van der Waals surface area contributed by atoms with E-state index < -0.39 is 4.92 Å². The molecule has 0 bridgehead atoms. The van der Waals surface area contributed by atoms with E-state index >= 15 is 0 Å². The number of alkyl halides is 1. The Morgan fingerprint density at radius 2 is 2.06 bits per heavy atom. The molecule has 0 spiro atoms. The van der Waals surface area contributed by atoms with E-state index in [4.69, 9.17) is 23.2 Å². The van der Waals surface area contributed by atoms with Crippen LogP contribution in [-0.2, 0) is 6.42 Å². The van der Waals surface area contributed by atoms with Crippen molar-refractivity contribution in [3.8, 4) is 0 Å². The second-order valence-corrected chi connectivity index (χ2v) is 5.82. The van der Waals surface area contributed by atoms with Gasteiger partial charge < -0.3 is 0 Å². The van der Waals surface area contributed by atoms with E-state index in [-0.39, 0.29) is 11.1 Å². The van der Waals surface area contributed by atoms with E-state index in [1.54, 1.807) is 6.07 Å². The maximum absolute atomic E-state index is 10.6. The highest BCUT2D eigenvalue weighted by Gasteiger charge is 2.12.